The highest BCUT2D eigenvalue weighted by atomic mass is 35.5. The smallest absolute Gasteiger partial charge is 0.272 e. The summed E-state index contributed by atoms with van der Waals surface area (Å²) in [5.41, 5.74) is 2.94. The van der Waals surface area contributed by atoms with E-state index in [9.17, 15) is 14.4 Å². The van der Waals surface area contributed by atoms with Crippen LogP contribution in [0.1, 0.15) is 28.4 Å². The first kappa shape index (κ1) is 32.2. The number of amides is 3. The third-order valence-electron chi connectivity index (χ3n) is 6.48. The largest absolute Gasteiger partial charge is 0.497 e. The molecular formula is C34H32ClN3O5S. The molecule has 0 aliphatic heterocycles. The van der Waals surface area contributed by atoms with Crippen molar-refractivity contribution in [3.8, 4) is 11.5 Å². The molecule has 0 heterocycles. The summed E-state index contributed by atoms with van der Waals surface area (Å²) in [5.74, 6) is -0.148. The number of hydrogen-bond donors (Lipinski definition) is 3. The van der Waals surface area contributed by atoms with Crippen LogP contribution in [-0.2, 0) is 9.59 Å². The number of carbonyl (C=O) groups is 3. The van der Waals surface area contributed by atoms with E-state index in [4.69, 9.17) is 21.1 Å². The summed E-state index contributed by atoms with van der Waals surface area (Å²) >= 11 is 7.53. The van der Waals surface area contributed by atoms with Gasteiger partial charge in [0.15, 0.2) is 0 Å². The number of anilines is 2. The summed E-state index contributed by atoms with van der Waals surface area (Å²) in [4.78, 5) is 40.2. The number of nitrogens with one attached hydrogen (secondary N) is 3. The molecule has 0 radical (unpaired) electrons. The SMILES string of the molecule is COc1ccc(OC)c(/C=C(/NC(=O)c2ccccc2)C(=O)Nc2cccc(SC(C)C(=O)Nc3ccc(C)c(Cl)c3)c2)c1. The number of methoxy groups -OCH3 is 2. The van der Waals surface area contributed by atoms with E-state index < -0.39 is 17.1 Å². The van der Waals surface area contributed by atoms with Gasteiger partial charge in [0.25, 0.3) is 11.8 Å². The lowest BCUT2D eigenvalue weighted by Crippen LogP contribution is -2.30. The van der Waals surface area contributed by atoms with Gasteiger partial charge >= 0.3 is 0 Å². The molecular weight excluding hydrogens is 598 g/mol. The third-order valence-corrected chi connectivity index (χ3v) is 7.98. The maximum atomic E-state index is 13.6. The number of aryl methyl sites for hydroxylation is 1. The van der Waals surface area contributed by atoms with Crippen molar-refractivity contribution in [1.82, 2.24) is 5.32 Å². The average molecular weight is 630 g/mol. The Morgan fingerprint density at radius 2 is 1.59 bits per heavy atom. The van der Waals surface area contributed by atoms with E-state index in [1.807, 2.05) is 19.1 Å². The molecule has 0 aliphatic carbocycles. The standard InChI is InChI=1S/C34H32ClN3O5S/c1-21-13-14-26(20-29(21)35)36-32(39)22(2)44-28-12-8-11-25(19-28)37-34(41)30(38-33(40)23-9-6-5-7-10-23)18-24-17-27(42-3)15-16-31(24)43-4/h5-20,22H,1-4H3,(H,36,39)(H,37,41)(H,38,40)/b30-18+. The number of hydrogen-bond acceptors (Lipinski definition) is 6. The van der Waals surface area contributed by atoms with Crippen molar-refractivity contribution in [2.45, 2.75) is 24.0 Å². The van der Waals surface area contributed by atoms with Crippen molar-refractivity contribution < 1.29 is 23.9 Å². The van der Waals surface area contributed by atoms with Gasteiger partial charge in [-0.3, -0.25) is 14.4 Å². The monoisotopic (exact) mass is 629 g/mol. The highest BCUT2D eigenvalue weighted by Gasteiger charge is 2.18. The zero-order chi connectivity index (χ0) is 31.6. The topological polar surface area (TPSA) is 106 Å². The molecule has 3 N–H and O–H groups in total. The minimum absolute atomic E-state index is 0.00651. The first-order chi connectivity index (χ1) is 21.2. The van der Waals surface area contributed by atoms with Crippen LogP contribution in [0.2, 0.25) is 5.02 Å². The van der Waals surface area contributed by atoms with Gasteiger partial charge in [-0.05, 0) is 86.2 Å². The normalized spacial score (nSPS) is 11.7. The van der Waals surface area contributed by atoms with Crippen molar-refractivity contribution in [2.75, 3.05) is 24.9 Å². The second-order valence-electron chi connectivity index (χ2n) is 9.68. The van der Waals surface area contributed by atoms with Crippen LogP contribution < -0.4 is 25.4 Å². The predicted octanol–water partition coefficient (Wildman–Crippen LogP) is 7.19. The van der Waals surface area contributed by atoms with E-state index in [2.05, 4.69) is 16.0 Å². The Morgan fingerprint density at radius 3 is 2.30 bits per heavy atom. The number of carbonyl (C=O) groups excluding carboxylic acids is 3. The molecule has 8 nitrogen and oxygen atoms in total. The molecule has 10 heteroatoms. The average Bonchev–Trinajstić information content (AvgIpc) is 3.02. The maximum Gasteiger partial charge on any atom is 0.272 e. The van der Waals surface area contributed by atoms with Gasteiger partial charge in [-0.25, -0.2) is 0 Å². The van der Waals surface area contributed by atoms with E-state index in [1.54, 1.807) is 85.8 Å². The molecule has 4 aromatic rings. The van der Waals surface area contributed by atoms with E-state index >= 15 is 0 Å². The highest BCUT2D eigenvalue weighted by Crippen LogP contribution is 2.29. The zero-order valence-corrected chi connectivity index (χ0v) is 26.2. The Kier molecular flexibility index (Phi) is 11.1. The number of benzene rings is 4. The van der Waals surface area contributed by atoms with Crippen LogP contribution in [0, 0.1) is 6.92 Å². The molecule has 1 atom stereocenters. The molecule has 44 heavy (non-hydrogen) atoms. The van der Waals surface area contributed by atoms with Gasteiger partial charge in [0.2, 0.25) is 5.91 Å². The summed E-state index contributed by atoms with van der Waals surface area (Å²) in [6.45, 7) is 3.69. The molecule has 4 rings (SSSR count). The molecule has 0 spiro atoms. The van der Waals surface area contributed by atoms with E-state index in [-0.39, 0.29) is 11.6 Å². The van der Waals surface area contributed by atoms with Gasteiger partial charge in [-0.1, -0.05) is 41.9 Å². The number of ether oxygens (including phenoxy) is 2. The fourth-order valence-electron chi connectivity index (χ4n) is 4.07. The molecule has 0 aromatic heterocycles. The fraction of sp³-hybridized carbons (Fsp3) is 0.147. The Balaban J connectivity index is 1.53. The lowest BCUT2D eigenvalue weighted by Gasteiger charge is -2.15. The van der Waals surface area contributed by atoms with Gasteiger partial charge in [-0.2, -0.15) is 0 Å². The van der Waals surface area contributed by atoms with Gasteiger partial charge in [0.1, 0.15) is 17.2 Å². The van der Waals surface area contributed by atoms with Crippen LogP contribution in [-0.4, -0.2) is 37.2 Å². The fourth-order valence-corrected chi connectivity index (χ4v) is 5.17. The quantitative estimate of drug-likeness (QED) is 0.120. The Hall–Kier alpha value is -4.73. The highest BCUT2D eigenvalue weighted by molar-refractivity contribution is 8.00. The van der Waals surface area contributed by atoms with Gasteiger partial charge < -0.3 is 25.4 Å². The van der Waals surface area contributed by atoms with E-state index in [1.165, 1.54) is 32.1 Å². The molecule has 1 unspecified atom stereocenters. The molecule has 0 saturated carbocycles. The molecule has 4 aromatic carbocycles. The van der Waals surface area contributed by atoms with Crippen molar-refractivity contribution in [3.63, 3.8) is 0 Å². The van der Waals surface area contributed by atoms with Crippen molar-refractivity contribution >= 4 is 58.5 Å². The van der Waals surface area contributed by atoms with Crippen LogP contribution >= 0.6 is 23.4 Å². The van der Waals surface area contributed by atoms with Crippen LogP contribution in [0.3, 0.4) is 0 Å². The van der Waals surface area contributed by atoms with E-state index in [0.29, 0.717) is 39.0 Å². The Bertz CT molecular complexity index is 1690. The first-order valence-electron chi connectivity index (χ1n) is 13.6. The van der Waals surface area contributed by atoms with Crippen molar-refractivity contribution in [3.05, 3.63) is 118 Å². The summed E-state index contributed by atoms with van der Waals surface area (Å²) < 4.78 is 10.8. The minimum Gasteiger partial charge on any atom is -0.497 e. The summed E-state index contributed by atoms with van der Waals surface area (Å²) in [7, 11) is 3.05. The van der Waals surface area contributed by atoms with Crippen molar-refractivity contribution in [1.29, 1.82) is 0 Å². The second kappa shape index (κ2) is 15.1. The minimum atomic E-state index is -0.552. The summed E-state index contributed by atoms with van der Waals surface area (Å²) in [6.07, 6.45) is 1.53. The van der Waals surface area contributed by atoms with E-state index in [0.717, 1.165) is 10.5 Å². The van der Waals surface area contributed by atoms with Crippen LogP contribution in [0.25, 0.3) is 6.08 Å². The molecule has 0 aliphatic rings. The Labute approximate surface area is 265 Å². The first-order valence-corrected chi connectivity index (χ1v) is 14.9. The summed E-state index contributed by atoms with van der Waals surface area (Å²) in [6, 6.07) is 26.2. The lowest BCUT2D eigenvalue weighted by molar-refractivity contribution is -0.115. The molecule has 0 fully saturated rings. The predicted molar refractivity (Wildman–Crippen MR) is 177 cm³/mol. The Morgan fingerprint density at radius 1 is 0.841 bits per heavy atom. The van der Waals surface area contributed by atoms with Gasteiger partial charge in [0, 0.05) is 32.4 Å². The van der Waals surface area contributed by atoms with Crippen LogP contribution in [0.5, 0.6) is 11.5 Å². The van der Waals surface area contributed by atoms with Crippen molar-refractivity contribution in [2.24, 2.45) is 0 Å². The second-order valence-corrected chi connectivity index (χ2v) is 11.5. The van der Waals surface area contributed by atoms with Gasteiger partial charge in [0.05, 0.1) is 19.5 Å². The lowest BCUT2D eigenvalue weighted by atomic mass is 10.1. The number of rotatable bonds is 11. The van der Waals surface area contributed by atoms with Crippen LogP contribution in [0.15, 0.2) is 102 Å². The maximum absolute atomic E-state index is 13.6. The molecule has 3 amide bonds. The molecule has 0 bridgehead atoms. The molecule has 0 saturated heterocycles. The van der Waals surface area contributed by atoms with Crippen LogP contribution in [0.4, 0.5) is 11.4 Å². The molecule has 226 valence electrons. The number of halogens is 1. The summed E-state index contributed by atoms with van der Waals surface area (Å²) in [5, 5.41) is 8.60. The zero-order valence-electron chi connectivity index (χ0n) is 24.6. The number of thioether (sulfide) groups is 1. The van der Waals surface area contributed by atoms with Gasteiger partial charge in [-0.15, -0.1) is 11.8 Å². The third kappa shape index (κ3) is 8.65.